The molecule has 1 saturated carbocycles. The predicted molar refractivity (Wildman–Crippen MR) is 44.2 cm³/mol. The Morgan fingerprint density at radius 3 is 3.00 bits per heavy atom. The molecule has 0 aliphatic heterocycles. The van der Waals surface area contributed by atoms with Gasteiger partial charge in [-0.05, 0) is 12.3 Å². The number of aromatic nitrogens is 2. The van der Waals surface area contributed by atoms with Gasteiger partial charge >= 0.3 is 0 Å². The topological polar surface area (TPSA) is 66.7 Å². The van der Waals surface area contributed by atoms with Gasteiger partial charge in [0.1, 0.15) is 5.82 Å². The van der Waals surface area contributed by atoms with Crippen LogP contribution < -0.4 is 11.1 Å². The zero-order valence-corrected chi connectivity index (χ0v) is 6.46. The number of nitrogens with two attached hydrogens (primary N) is 1. The van der Waals surface area contributed by atoms with Crippen LogP contribution in [0.4, 0.5) is 11.5 Å². The Morgan fingerprint density at radius 1 is 1.82 bits per heavy atom. The number of aromatic amines is 1. The SMILES string of the molecule is CC1CC1Nc1cn[nH]c1N. The van der Waals surface area contributed by atoms with Crippen molar-refractivity contribution in [1.82, 2.24) is 10.2 Å². The minimum absolute atomic E-state index is 0.606. The highest BCUT2D eigenvalue weighted by Crippen LogP contribution is 2.33. The third-order valence-corrected chi connectivity index (χ3v) is 2.12. The van der Waals surface area contributed by atoms with Crippen molar-refractivity contribution < 1.29 is 0 Å². The normalized spacial score (nSPS) is 28.5. The third kappa shape index (κ3) is 1.15. The number of nitrogens with zero attached hydrogens (tertiary/aromatic N) is 1. The summed E-state index contributed by atoms with van der Waals surface area (Å²) < 4.78 is 0. The van der Waals surface area contributed by atoms with Crippen molar-refractivity contribution in [3.63, 3.8) is 0 Å². The van der Waals surface area contributed by atoms with Crippen LogP contribution in [0.2, 0.25) is 0 Å². The Morgan fingerprint density at radius 2 is 2.55 bits per heavy atom. The Bertz CT molecular complexity index is 255. The Hall–Kier alpha value is -1.19. The second kappa shape index (κ2) is 2.15. The summed E-state index contributed by atoms with van der Waals surface area (Å²) in [6.45, 7) is 2.22. The number of rotatable bonds is 2. The van der Waals surface area contributed by atoms with Gasteiger partial charge in [0, 0.05) is 6.04 Å². The molecule has 2 atom stereocenters. The Balaban J connectivity index is 2.01. The minimum atomic E-state index is 0.606. The number of nitrogens with one attached hydrogen (secondary N) is 2. The maximum Gasteiger partial charge on any atom is 0.142 e. The van der Waals surface area contributed by atoms with E-state index in [0.29, 0.717) is 11.9 Å². The average Bonchev–Trinajstić information content (AvgIpc) is 2.48. The summed E-state index contributed by atoms with van der Waals surface area (Å²) in [4.78, 5) is 0. The van der Waals surface area contributed by atoms with E-state index < -0.39 is 0 Å². The maximum atomic E-state index is 5.58. The van der Waals surface area contributed by atoms with Crippen molar-refractivity contribution in [2.75, 3.05) is 11.1 Å². The largest absolute Gasteiger partial charge is 0.382 e. The lowest BCUT2D eigenvalue weighted by Crippen LogP contribution is -2.04. The van der Waals surface area contributed by atoms with Gasteiger partial charge in [0.25, 0.3) is 0 Å². The molecule has 2 rings (SSSR count). The lowest BCUT2D eigenvalue weighted by atomic mass is 10.4. The molecule has 0 radical (unpaired) electrons. The summed E-state index contributed by atoms with van der Waals surface area (Å²) in [6, 6.07) is 0.606. The summed E-state index contributed by atoms with van der Waals surface area (Å²) in [5.74, 6) is 1.41. The molecule has 1 aliphatic rings. The van der Waals surface area contributed by atoms with Crippen molar-refractivity contribution in [3.05, 3.63) is 6.20 Å². The van der Waals surface area contributed by atoms with E-state index in [1.54, 1.807) is 6.20 Å². The molecule has 0 aromatic carbocycles. The molecule has 1 aromatic rings. The molecule has 1 aromatic heterocycles. The minimum Gasteiger partial charge on any atom is -0.382 e. The van der Waals surface area contributed by atoms with Gasteiger partial charge in [-0.2, -0.15) is 5.10 Å². The lowest BCUT2D eigenvalue weighted by Gasteiger charge is -2.00. The van der Waals surface area contributed by atoms with Crippen LogP contribution in [-0.4, -0.2) is 16.2 Å². The van der Waals surface area contributed by atoms with Crippen LogP contribution in [0.1, 0.15) is 13.3 Å². The Kier molecular flexibility index (Phi) is 1.27. The van der Waals surface area contributed by atoms with E-state index in [-0.39, 0.29) is 0 Å². The van der Waals surface area contributed by atoms with Gasteiger partial charge in [0.05, 0.1) is 11.9 Å². The molecule has 4 nitrogen and oxygen atoms in total. The molecule has 0 saturated heterocycles. The van der Waals surface area contributed by atoms with Crippen molar-refractivity contribution in [2.45, 2.75) is 19.4 Å². The van der Waals surface area contributed by atoms with Gasteiger partial charge in [-0.3, -0.25) is 5.10 Å². The second-order valence-electron chi connectivity index (χ2n) is 3.16. The first-order valence-corrected chi connectivity index (χ1v) is 3.83. The van der Waals surface area contributed by atoms with Crippen LogP contribution in [0.3, 0.4) is 0 Å². The second-order valence-corrected chi connectivity index (χ2v) is 3.16. The van der Waals surface area contributed by atoms with Gasteiger partial charge in [-0.25, -0.2) is 0 Å². The van der Waals surface area contributed by atoms with E-state index in [1.165, 1.54) is 6.42 Å². The van der Waals surface area contributed by atoms with Gasteiger partial charge in [0.2, 0.25) is 0 Å². The van der Waals surface area contributed by atoms with Crippen LogP contribution in [0.15, 0.2) is 6.20 Å². The fourth-order valence-electron chi connectivity index (χ4n) is 1.13. The number of hydrogen-bond acceptors (Lipinski definition) is 3. The van der Waals surface area contributed by atoms with E-state index in [0.717, 1.165) is 11.6 Å². The molecule has 1 fully saturated rings. The van der Waals surface area contributed by atoms with E-state index in [1.807, 2.05) is 0 Å². The molecule has 4 N–H and O–H groups in total. The number of hydrogen-bond donors (Lipinski definition) is 3. The van der Waals surface area contributed by atoms with Gasteiger partial charge in [0.15, 0.2) is 0 Å². The molecule has 4 heteroatoms. The zero-order valence-electron chi connectivity index (χ0n) is 6.46. The summed E-state index contributed by atoms with van der Waals surface area (Å²) >= 11 is 0. The number of nitrogen functional groups attached to an aromatic ring is 1. The smallest absolute Gasteiger partial charge is 0.142 e. The molecule has 0 amide bonds. The van der Waals surface area contributed by atoms with Gasteiger partial charge in [-0.1, -0.05) is 6.92 Å². The summed E-state index contributed by atoms with van der Waals surface area (Å²) in [5.41, 5.74) is 6.51. The molecule has 1 heterocycles. The van der Waals surface area contributed by atoms with E-state index in [2.05, 4.69) is 22.4 Å². The van der Waals surface area contributed by atoms with Crippen molar-refractivity contribution >= 4 is 11.5 Å². The van der Waals surface area contributed by atoms with Crippen LogP contribution in [0, 0.1) is 5.92 Å². The highest BCUT2D eigenvalue weighted by Gasteiger charge is 2.32. The summed E-state index contributed by atoms with van der Waals surface area (Å²) in [6.07, 6.45) is 2.96. The van der Waals surface area contributed by atoms with E-state index in [9.17, 15) is 0 Å². The van der Waals surface area contributed by atoms with E-state index in [4.69, 9.17) is 5.73 Å². The first kappa shape index (κ1) is 6.52. The molecule has 11 heavy (non-hydrogen) atoms. The zero-order chi connectivity index (χ0) is 7.84. The Labute approximate surface area is 65.2 Å². The van der Waals surface area contributed by atoms with Crippen molar-refractivity contribution in [1.29, 1.82) is 0 Å². The van der Waals surface area contributed by atoms with Crippen LogP contribution in [0.25, 0.3) is 0 Å². The highest BCUT2D eigenvalue weighted by molar-refractivity contribution is 5.61. The molecule has 0 bridgehead atoms. The standard InChI is InChI=1S/C7H12N4/c1-4-2-5(4)10-6-3-9-11-7(6)8/h3-5,10H,2H2,1H3,(H3,8,9,11). The maximum absolute atomic E-state index is 5.58. The predicted octanol–water partition coefficient (Wildman–Crippen LogP) is 0.812. The fourth-order valence-corrected chi connectivity index (χ4v) is 1.13. The van der Waals surface area contributed by atoms with Crippen LogP contribution >= 0.6 is 0 Å². The summed E-state index contributed by atoms with van der Waals surface area (Å²) in [7, 11) is 0. The molecule has 2 unspecified atom stereocenters. The third-order valence-electron chi connectivity index (χ3n) is 2.12. The van der Waals surface area contributed by atoms with Gasteiger partial charge in [-0.15, -0.1) is 0 Å². The van der Waals surface area contributed by atoms with E-state index >= 15 is 0 Å². The average molecular weight is 152 g/mol. The van der Waals surface area contributed by atoms with Gasteiger partial charge < -0.3 is 11.1 Å². The van der Waals surface area contributed by atoms with Crippen LogP contribution in [-0.2, 0) is 0 Å². The lowest BCUT2D eigenvalue weighted by molar-refractivity contribution is 0.930. The molecular weight excluding hydrogens is 140 g/mol. The quantitative estimate of drug-likeness (QED) is 0.587. The van der Waals surface area contributed by atoms with Crippen molar-refractivity contribution in [3.8, 4) is 0 Å². The molecule has 1 aliphatic carbocycles. The summed E-state index contributed by atoms with van der Waals surface area (Å²) in [5, 5.41) is 9.79. The van der Waals surface area contributed by atoms with Crippen LogP contribution in [0.5, 0.6) is 0 Å². The molecule has 60 valence electrons. The number of H-pyrrole nitrogens is 1. The monoisotopic (exact) mass is 152 g/mol. The fraction of sp³-hybridized carbons (Fsp3) is 0.571. The number of anilines is 2. The highest BCUT2D eigenvalue weighted by atomic mass is 15.2. The molecule has 0 spiro atoms. The van der Waals surface area contributed by atoms with Crippen molar-refractivity contribution in [2.24, 2.45) is 5.92 Å². The first-order chi connectivity index (χ1) is 5.27. The first-order valence-electron chi connectivity index (χ1n) is 3.83. The molecular formula is C7H12N4.